The predicted octanol–water partition coefficient (Wildman–Crippen LogP) is 2.86. The largest absolute Gasteiger partial charge is 0.368 e. The van der Waals surface area contributed by atoms with Crippen molar-refractivity contribution in [1.82, 2.24) is 15.0 Å². The van der Waals surface area contributed by atoms with Crippen LogP contribution in [0.4, 0.5) is 17.8 Å². The molecule has 0 aliphatic carbocycles. The van der Waals surface area contributed by atoms with Crippen molar-refractivity contribution in [2.75, 3.05) is 23.7 Å². The van der Waals surface area contributed by atoms with Crippen molar-refractivity contribution in [2.24, 2.45) is 4.99 Å². The van der Waals surface area contributed by atoms with Crippen LogP contribution in [-0.2, 0) is 4.79 Å². The lowest BCUT2D eigenvalue weighted by molar-refractivity contribution is 0.552. The highest BCUT2D eigenvalue weighted by Gasteiger charge is 1.94. The molecular weight excluding hydrogens is 306 g/mol. The first kappa shape index (κ1) is 21.8. The minimum Gasteiger partial charge on any atom is -0.368 e. The van der Waals surface area contributed by atoms with E-state index in [9.17, 15) is 4.79 Å². The van der Waals surface area contributed by atoms with Crippen molar-refractivity contribution in [2.45, 2.75) is 71.1 Å². The van der Waals surface area contributed by atoms with E-state index in [-0.39, 0.29) is 17.8 Å². The van der Waals surface area contributed by atoms with Gasteiger partial charge in [-0.15, -0.1) is 0 Å². The topological polar surface area (TPSA) is 146 Å². The molecule has 0 radical (unpaired) electrons. The van der Waals surface area contributed by atoms with Crippen LogP contribution in [0.25, 0.3) is 0 Å². The van der Waals surface area contributed by atoms with Crippen LogP contribution in [0.2, 0.25) is 0 Å². The zero-order valence-electron chi connectivity index (χ0n) is 14.7. The first-order valence-electron chi connectivity index (χ1n) is 8.66. The van der Waals surface area contributed by atoms with Crippen molar-refractivity contribution in [1.29, 1.82) is 0 Å². The summed E-state index contributed by atoms with van der Waals surface area (Å²) in [7, 11) is 0. The summed E-state index contributed by atoms with van der Waals surface area (Å²) in [6.45, 7) is 2.92. The van der Waals surface area contributed by atoms with E-state index in [0.29, 0.717) is 6.54 Å². The molecule has 6 N–H and O–H groups in total. The molecule has 0 spiro atoms. The van der Waals surface area contributed by atoms with E-state index in [4.69, 9.17) is 17.2 Å². The van der Waals surface area contributed by atoms with Gasteiger partial charge in [0.15, 0.2) is 0 Å². The maximum absolute atomic E-state index is 9.77. The number of hydrogen-bond acceptors (Lipinski definition) is 8. The molecule has 0 saturated heterocycles. The zero-order valence-corrected chi connectivity index (χ0v) is 14.7. The summed E-state index contributed by atoms with van der Waals surface area (Å²) in [4.78, 5) is 23.8. The molecule has 0 unspecified atom stereocenters. The summed E-state index contributed by atoms with van der Waals surface area (Å²) in [5.74, 6) is 0.125. The standard InChI is InChI=1S/C13H25NO.C3H6N6/c1-2-3-4-5-6-7-8-9-10-11-12-14-13-15;4-1-7-2(5)9-3(6)8-1/h2-12H2,1H3;(H6,4,5,6,7,8,9). The Morgan fingerprint density at radius 2 is 1.12 bits per heavy atom. The lowest BCUT2D eigenvalue weighted by Gasteiger charge is -2.00. The van der Waals surface area contributed by atoms with Crippen LogP contribution in [-0.4, -0.2) is 27.6 Å². The highest BCUT2D eigenvalue weighted by atomic mass is 16.1. The third-order valence-electron chi connectivity index (χ3n) is 3.38. The molecule has 0 saturated carbocycles. The number of rotatable bonds is 11. The lowest BCUT2D eigenvalue weighted by atomic mass is 10.1. The van der Waals surface area contributed by atoms with E-state index in [1.54, 1.807) is 6.08 Å². The number of anilines is 3. The number of unbranched alkanes of at least 4 members (excludes halogenated alkanes) is 9. The summed E-state index contributed by atoms with van der Waals surface area (Å²) in [5.41, 5.74) is 15.4. The molecule has 136 valence electrons. The van der Waals surface area contributed by atoms with Crippen molar-refractivity contribution in [3.8, 4) is 0 Å². The molecule has 1 aromatic rings. The van der Waals surface area contributed by atoms with Gasteiger partial charge in [0.25, 0.3) is 0 Å². The summed E-state index contributed by atoms with van der Waals surface area (Å²) in [5, 5.41) is 0. The second-order valence-corrected chi connectivity index (χ2v) is 5.56. The molecule has 24 heavy (non-hydrogen) atoms. The Hall–Kier alpha value is -2.21. The average Bonchev–Trinajstić information content (AvgIpc) is 2.52. The van der Waals surface area contributed by atoms with Gasteiger partial charge in [0, 0.05) is 0 Å². The van der Waals surface area contributed by atoms with Gasteiger partial charge in [-0.25, -0.2) is 9.79 Å². The molecular formula is C16H31N7O. The first-order chi connectivity index (χ1) is 11.6. The third-order valence-corrected chi connectivity index (χ3v) is 3.38. The number of nitrogens with two attached hydrogens (primary N) is 3. The van der Waals surface area contributed by atoms with Crippen LogP contribution in [0.5, 0.6) is 0 Å². The Morgan fingerprint density at radius 3 is 1.50 bits per heavy atom. The Labute approximate surface area is 144 Å². The monoisotopic (exact) mass is 337 g/mol. The quantitative estimate of drug-likeness (QED) is 0.319. The fourth-order valence-electron chi connectivity index (χ4n) is 2.15. The molecule has 8 nitrogen and oxygen atoms in total. The molecule has 1 aromatic heterocycles. The van der Waals surface area contributed by atoms with E-state index in [2.05, 4.69) is 26.9 Å². The van der Waals surface area contributed by atoms with E-state index in [1.165, 1.54) is 57.8 Å². The third kappa shape index (κ3) is 14.7. The van der Waals surface area contributed by atoms with Gasteiger partial charge in [0.2, 0.25) is 23.9 Å². The molecule has 0 amide bonds. The van der Waals surface area contributed by atoms with Gasteiger partial charge < -0.3 is 17.2 Å². The number of carbonyl (C=O) groups excluding carboxylic acids is 1. The van der Waals surface area contributed by atoms with Gasteiger partial charge in [0.1, 0.15) is 0 Å². The highest BCUT2D eigenvalue weighted by molar-refractivity contribution is 5.33. The number of isocyanates is 1. The van der Waals surface area contributed by atoms with E-state index >= 15 is 0 Å². The fraction of sp³-hybridized carbons (Fsp3) is 0.750. The molecule has 0 bridgehead atoms. The predicted molar refractivity (Wildman–Crippen MR) is 97.9 cm³/mol. The van der Waals surface area contributed by atoms with Crippen LogP contribution >= 0.6 is 0 Å². The Bertz CT molecular complexity index is 425. The van der Waals surface area contributed by atoms with Gasteiger partial charge in [-0.05, 0) is 6.42 Å². The Kier molecular flexibility index (Phi) is 14.2. The van der Waals surface area contributed by atoms with Gasteiger partial charge in [0.05, 0.1) is 6.54 Å². The summed E-state index contributed by atoms with van der Waals surface area (Å²) in [6, 6.07) is 0. The molecule has 0 aliphatic rings. The summed E-state index contributed by atoms with van der Waals surface area (Å²) < 4.78 is 0. The van der Waals surface area contributed by atoms with E-state index < -0.39 is 0 Å². The van der Waals surface area contributed by atoms with Gasteiger partial charge in [-0.3, -0.25) is 0 Å². The number of nitrogen functional groups attached to an aromatic ring is 3. The number of aliphatic imine (C=N–C) groups is 1. The van der Waals surface area contributed by atoms with Gasteiger partial charge in [-0.1, -0.05) is 64.7 Å². The number of aromatic nitrogens is 3. The van der Waals surface area contributed by atoms with E-state index in [1.807, 2.05) is 0 Å². The summed E-state index contributed by atoms with van der Waals surface area (Å²) >= 11 is 0. The molecule has 0 atom stereocenters. The SMILES string of the molecule is CCCCCCCCCCCCN=C=O.Nc1nc(N)nc(N)n1. The van der Waals surface area contributed by atoms with Crippen LogP contribution in [0.1, 0.15) is 71.1 Å². The number of hydrogen-bond donors (Lipinski definition) is 3. The second kappa shape index (κ2) is 15.7. The van der Waals surface area contributed by atoms with Crippen molar-refractivity contribution in [3.05, 3.63) is 0 Å². The summed E-state index contributed by atoms with van der Waals surface area (Å²) in [6.07, 6.45) is 14.8. The van der Waals surface area contributed by atoms with Crippen LogP contribution < -0.4 is 17.2 Å². The van der Waals surface area contributed by atoms with Crippen molar-refractivity contribution in [3.63, 3.8) is 0 Å². The van der Waals surface area contributed by atoms with Gasteiger partial charge >= 0.3 is 0 Å². The fourth-order valence-corrected chi connectivity index (χ4v) is 2.15. The molecule has 0 aliphatic heterocycles. The maximum atomic E-state index is 9.77. The van der Waals surface area contributed by atoms with Crippen LogP contribution in [0.3, 0.4) is 0 Å². The van der Waals surface area contributed by atoms with Crippen LogP contribution in [0.15, 0.2) is 4.99 Å². The molecule has 1 rings (SSSR count). The molecule has 0 fully saturated rings. The lowest BCUT2D eigenvalue weighted by Crippen LogP contribution is -2.05. The van der Waals surface area contributed by atoms with E-state index in [0.717, 1.165) is 6.42 Å². The molecule has 8 heteroatoms. The minimum absolute atomic E-state index is 0.0417. The second-order valence-electron chi connectivity index (χ2n) is 5.56. The smallest absolute Gasteiger partial charge is 0.234 e. The normalized spacial score (nSPS) is 9.71. The average molecular weight is 337 g/mol. The number of nitrogens with zero attached hydrogens (tertiary/aromatic N) is 4. The minimum atomic E-state index is 0.0417. The zero-order chi connectivity index (χ0) is 18.0. The molecule has 0 aromatic carbocycles. The highest BCUT2D eigenvalue weighted by Crippen LogP contribution is 2.10. The Balaban J connectivity index is 0.000000496. The Morgan fingerprint density at radius 1 is 0.750 bits per heavy atom. The van der Waals surface area contributed by atoms with Crippen molar-refractivity contribution < 1.29 is 4.79 Å². The molecule has 1 heterocycles. The van der Waals surface area contributed by atoms with Gasteiger partial charge in [-0.2, -0.15) is 15.0 Å². The van der Waals surface area contributed by atoms with Crippen molar-refractivity contribution >= 4 is 23.9 Å². The first-order valence-corrected chi connectivity index (χ1v) is 8.66. The maximum Gasteiger partial charge on any atom is 0.234 e. The van der Waals surface area contributed by atoms with Crippen LogP contribution in [0, 0.1) is 0 Å².